The summed E-state index contributed by atoms with van der Waals surface area (Å²) in [7, 11) is 0. The van der Waals surface area contributed by atoms with Gasteiger partial charge in [-0.1, -0.05) is 11.6 Å². The molecule has 0 radical (unpaired) electrons. The quantitative estimate of drug-likeness (QED) is 0.818. The number of anilines is 1. The molecule has 20 heavy (non-hydrogen) atoms. The average molecular weight is 300 g/mol. The van der Waals surface area contributed by atoms with Gasteiger partial charge in [-0.2, -0.15) is 18.4 Å². The Hall–Kier alpha value is -2.40. The molecular formula is C11H5ClF3N5. The van der Waals surface area contributed by atoms with Gasteiger partial charge in [0.25, 0.3) is 0 Å². The second kappa shape index (κ2) is 4.94. The van der Waals surface area contributed by atoms with Crippen molar-refractivity contribution in [2.24, 2.45) is 0 Å². The maximum Gasteiger partial charge on any atom is 0.417 e. The highest BCUT2D eigenvalue weighted by molar-refractivity contribution is 6.30. The number of alkyl halides is 3. The van der Waals surface area contributed by atoms with Crippen molar-refractivity contribution < 1.29 is 13.2 Å². The minimum atomic E-state index is -4.72. The van der Waals surface area contributed by atoms with E-state index in [-0.39, 0.29) is 17.2 Å². The summed E-state index contributed by atoms with van der Waals surface area (Å²) in [5, 5.41) is 8.21. The van der Waals surface area contributed by atoms with Crippen LogP contribution in [0.2, 0.25) is 5.15 Å². The number of rotatable bonds is 1. The Bertz CT molecular complexity index is 691. The SMILES string of the molecule is N#Cc1c(C(F)(F)F)cc(-c2cnc(N)nc2)nc1Cl. The third-order valence-electron chi connectivity index (χ3n) is 2.36. The predicted molar refractivity (Wildman–Crippen MR) is 64.4 cm³/mol. The van der Waals surface area contributed by atoms with Gasteiger partial charge < -0.3 is 5.73 Å². The number of hydrogen-bond acceptors (Lipinski definition) is 5. The molecule has 0 aromatic carbocycles. The van der Waals surface area contributed by atoms with Gasteiger partial charge in [0.2, 0.25) is 5.95 Å². The Labute approximate surface area is 115 Å². The van der Waals surface area contributed by atoms with Crippen LogP contribution in [0.3, 0.4) is 0 Å². The van der Waals surface area contributed by atoms with E-state index >= 15 is 0 Å². The molecule has 2 heterocycles. The first-order chi connectivity index (χ1) is 9.32. The lowest BCUT2D eigenvalue weighted by molar-refractivity contribution is -0.137. The first-order valence-electron chi connectivity index (χ1n) is 5.08. The Morgan fingerprint density at radius 3 is 2.35 bits per heavy atom. The normalized spacial score (nSPS) is 11.2. The lowest BCUT2D eigenvalue weighted by Crippen LogP contribution is -2.10. The number of pyridine rings is 1. The molecule has 2 aromatic rings. The second-order valence-electron chi connectivity index (χ2n) is 3.66. The molecule has 0 unspecified atom stereocenters. The fourth-order valence-electron chi connectivity index (χ4n) is 1.46. The van der Waals surface area contributed by atoms with Gasteiger partial charge in [-0.05, 0) is 6.07 Å². The molecule has 5 nitrogen and oxygen atoms in total. The predicted octanol–water partition coefficient (Wildman–Crippen LogP) is 2.66. The molecule has 9 heteroatoms. The molecule has 0 fully saturated rings. The number of hydrogen-bond donors (Lipinski definition) is 1. The Morgan fingerprint density at radius 1 is 1.25 bits per heavy atom. The topological polar surface area (TPSA) is 88.5 Å². The molecular weight excluding hydrogens is 295 g/mol. The van der Waals surface area contributed by atoms with Gasteiger partial charge in [-0.15, -0.1) is 0 Å². The molecule has 2 N–H and O–H groups in total. The number of nitrogens with two attached hydrogens (primary N) is 1. The van der Waals surface area contributed by atoms with Gasteiger partial charge in [0.15, 0.2) is 0 Å². The summed E-state index contributed by atoms with van der Waals surface area (Å²) >= 11 is 5.62. The van der Waals surface area contributed by atoms with Gasteiger partial charge >= 0.3 is 6.18 Å². The maximum absolute atomic E-state index is 12.9. The molecule has 0 aliphatic heterocycles. The molecule has 2 aromatic heterocycles. The van der Waals surface area contributed by atoms with E-state index in [1.807, 2.05) is 0 Å². The van der Waals surface area contributed by atoms with Crippen LogP contribution in [0.1, 0.15) is 11.1 Å². The molecule has 0 spiro atoms. The zero-order chi connectivity index (χ0) is 14.9. The van der Waals surface area contributed by atoms with Gasteiger partial charge in [-0.25, -0.2) is 15.0 Å². The summed E-state index contributed by atoms with van der Waals surface area (Å²) in [6.45, 7) is 0. The summed E-state index contributed by atoms with van der Waals surface area (Å²) in [5.41, 5.74) is 3.51. The highest BCUT2D eigenvalue weighted by Gasteiger charge is 2.35. The van der Waals surface area contributed by atoms with Gasteiger partial charge in [0.05, 0.1) is 11.3 Å². The highest BCUT2D eigenvalue weighted by Crippen LogP contribution is 2.36. The Morgan fingerprint density at radius 2 is 1.85 bits per heavy atom. The molecule has 0 bridgehead atoms. The third-order valence-corrected chi connectivity index (χ3v) is 2.63. The van der Waals surface area contributed by atoms with E-state index in [9.17, 15) is 13.2 Å². The van der Waals surface area contributed by atoms with Crippen molar-refractivity contribution in [1.82, 2.24) is 15.0 Å². The lowest BCUT2D eigenvalue weighted by atomic mass is 10.1. The van der Waals surface area contributed by atoms with Crippen LogP contribution >= 0.6 is 11.6 Å². The van der Waals surface area contributed by atoms with Crippen molar-refractivity contribution in [3.63, 3.8) is 0 Å². The summed E-state index contributed by atoms with van der Waals surface area (Å²) in [4.78, 5) is 11.1. The van der Waals surface area contributed by atoms with Crippen LogP contribution in [0.15, 0.2) is 18.5 Å². The van der Waals surface area contributed by atoms with E-state index in [2.05, 4.69) is 15.0 Å². The summed E-state index contributed by atoms with van der Waals surface area (Å²) < 4.78 is 38.7. The van der Waals surface area contributed by atoms with Crippen LogP contribution < -0.4 is 5.73 Å². The van der Waals surface area contributed by atoms with E-state index in [0.29, 0.717) is 0 Å². The van der Waals surface area contributed by atoms with Crippen molar-refractivity contribution in [3.05, 3.63) is 34.7 Å². The summed E-state index contributed by atoms with van der Waals surface area (Å²) in [6.07, 6.45) is -2.29. The van der Waals surface area contributed by atoms with Crippen LogP contribution in [-0.2, 0) is 6.18 Å². The van der Waals surface area contributed by atoms with Crippen LogP contribution in [-0.4, -0.2) is 15.0 Å². The van der Waals surface area contributed by atoms with E-state index in [4.69, 9.17) is 22.6 Å². The van der Waals surface area contributed by atoms with Crippen LogP contribution in [0.25, 0.3) is 11.3 Å². The van der Waals surface area contributed by atoms with Gasteiger partial charge in [0, 0.05) is 18.0 Å². The van der Waals surface area contributed by atoms with Crippen molar-refractivity contribution in [1.29, 1.82) is 5.26 Å². The minimum Gasteiger partial charge on any atom is -0.368 e. The largest absolute Gasteiger partial charge is 0.417 e. The van der Waals surface area contributed by atoms with E-state index in [1.165, 1.54) is 18.5 Å². The molecule has 0 aliphatic rings. The number of nitriles is 1. The molecule has 0 saturated carbocycles. The maximum atomic E-state index is 12.9. The Balaban J connectivity index is 2.66. The van der Waals surface area contributed by atoms with Gasteiger partial charge in [-0.3, -0.25) is 0 Å². The first kappa shape index (κ1) is 14.0. The fourth-order valence-corrected chi connectivity index (χ4v) is 1.70. The average Bonchev–Trinajstić information content (AvgIpc) is 2.37. The van der Waals surface area contributed by atoms with Crippen LogP contribution in [0.4, 0.5) is 19.1 Å². The summed E-state index contributed by atoms with van der Waals surface area (Å²) in [5.74, 6) is -0.0236. The van der Waals surface area contributed by atoms with Crippen molar-refractivity contribution >= 4 is 17.5 Å². The van der Waals surface area contributed by atoms with Gasteiger partial charge in [0.1, 0.15) is 16.8 Å². The third kappa shape index (κ3) is 2.62. The fraction of sp³-hybridized carbons (Fsp3) is 0.0909. The lowest BCUT2D eigenvalue weighted by Gasteiger charge is -2.11. The number of halogens is 4. The van der Waals surface area contributed by atoms with E-state index < -0.39 is 22.5 Å². The molecule has 2 rings (SSSR count). The number of nitrogen functional groups attached to an aromatic ring is 1. The second-order valence-corrected chi connectivity index (χ2v) is 4.02. The minimum absolute atomic E-state index is 0.0236. The first-order valence-corrected chi connectivity index (χ1v) is 5.46. The summed E-state index contributed by atoms with van der Waals surface area (Å²) in [6, 6.07) is 2.11. The Kier molecular flexibility index (Phi) is 3.46. The highest BCUT2D eigenvalue weighted by atomic mass is 35.5. The molecule has 0 aliphatic carbocycles. The number of aromatic nitrogens is 3. The zero-order valence-electron chi connectivity index (χ0n) is 9.61. The standard InChI is InChI=1S/C11H5ClF3N5/c12-9-6(2-16)7(11(13,14)15)1-8(20-9)5-3-18-10(17)19-4-5/h1,3-4H,(H2,17,18,19). The molecule has 102 valence electrons. The van der Waals surface area contributed by atoms with E-state index in [0.717, 1.165) is 6.07 Å². The number of nitrogens with zero attached hydrogens (tertiary/aromatic N) is 4. The van der Waals surface area contributed by atoms with Crippen molar-refractivity contribution in [3.8, 4) is 17.3 Å². The monoisotopic (exact) mass is 299 g/mol. The van der Waals surface area contributed by atoms with Crippen molar-refractivity contribution in [2.75, 3.05) is 5.73 Å². The zero-order valence-corrected chi connectivity index (χ0v) is 10.4. The molecule has 0 atom stereocenters. The smallest absolute Gasteiger partial charge is 0.368 e. The van der Waals surface area contributed by atoms with Crippen LogP contribution in [0.5, 0.6) is 0 Å². The van der Waals surface area contributed by atoms with Crippen LogP contribution in [0, 0.1) is 11.3 Å². The molecule has 0 saturated heterocycles. The van der Waals surface area contributed by atoms with Crippen molar-refractivity contribution in [2.45, 2.75) is 6.18 Å². The van der Waals surface area contributed by atoms with E-state index in [1.54, 1.807) is 0 Å². The molecule has 0 amide bonds.